The molecule has 0 amide bonds. The average molecular weight is 298 g/mol. The predicted molar refractivity (Wildman–Crippen MR) is 83.5 cm³/mol. The van der Waals surface area contributed by atoms with E-state index in [2.05, 4.69) is 25.0 Å². The molecule has 0 aromatic carbocycles. The number of fused-ring (bicyclic) bond motifs is 1. The predicted octanol–water partition coefficient (Wildman–Crippen LogP) is 1.41. The van der Waals surface area contributed by atoms with Gasteiger partial charge < -0.3 is 9.64 Å². The maximum atomic E-state index is 5.22. The van der Waals surface area contributed by atoms with Gasteiger partial charge in [-0.05, 0) is 12.1 Å². The van der Waals surface area contributed by atoms with E-state index in [1.807, 2.05) is 25.2 Å². The molecule has 0 aliphatic heterocycles. The van der Waals surface area contributed by atoms with Crippen LogP contribution in [-0.4, -0.2) is 45.0 Å². The van der Waals surface area contributed by atoms with E-state index in [9.17, 15) is 0 Å². The van der Waals surface area contributed by atoms with E-state index in [-0.39, 0.29) is 0 Å². The van der Waals surface area contributed by atoms with Crippen molar-refractivity contribution < 1.29 is 4.74 Å². The summed E-state index contributed by atoms with van der Waals surface area (Å²) in [5.41, 5.74) is 1.79. The summed E-state index contributed by atoms with van der Waals surface area (Å²) in [6.07, 6.45) is 5.16. The molecule has 0 fully saturated rings. The molecule has 0 saturated carbocycles. The van der Waals surface area contributed by atoms with Crippen LogP contribution in [0.5, 0.6) is 0 Å². The zero-order chi connectivity index (χ0) is 15.4. The van der Waals surface area contributed by atoms with Crippen LogP contribution in [0.2, 0.25) is 0 Å². The number of nitrogens with zero attached hydrogens (tertiary/aromatic N) is 6. The number of aromatic nitrogens is 5. The van der Waals surface area contributed by atoms with Gasteiger partial charge in [-0.2, -0.15) is 5.10 Å². The molecule has 0 aliphatic rings. The first-order valence-electron chi connectivity index (χ1n) is 7.06. The van der Waals surface area contributed by atoms with Crippen LogP contribution in [0.3, 0.4) is 0 Å². The highest BCUT2D eigenvalue weighted by molar-refractivity contribution is 5.86. The number of anilines is 1. The minimum Gasteiger partial charge on any atom is -0.383 e. The number of ether oxygens (including phenoxy) is 1. The van der Waals surface area contributed by atoms with Crippen molar-refractivity contribution >= 4 is 16.9 Å². The standard InChI is InChI=1S/C15H18N6O/c1-20-14-13(9-19-20)15(18-11-17-14)21(7-8-22-2)10-12-5-3-4-6-16-12/h3-6,9,11H,7-8,10H2,1-2H3. The molecule has 0 unspecified atom stereocenters. The fraction of sp³-hybridized carbons (Fsp3) is 0.333. The average Bonchev–Trinajstić information content (AvgIpc) is 2.94. The first-order chi connectivity index (χ1) is 10.8. The summed E-state index contributed by atoms with van der Waals surface area (Å²) in [5, 5.41) is 5.19. The zero-order valence-electron chi connectivity index (χ0n) is 12.7. The number of aryl methyl sites for hydroxylation is 1. The maximum absolute atomic E-state index is 5.22. The molecule has 7 heteroatoms. The van der Waals surface area contributed by atoms with Crippen molar-refractivity contribution in [3.63, 3.8) is 0 Å². The lowest BCUT2D eigenvalue weighted by Gasteiger charge is -2.23. The summed E-state index contributed by atoms with van der Waals surface area (Å²) in [5.74, 6) is 0.848. The molecule has 0 spiro atoms. The Balaban J connectivity index is 1.96. The van der Waals surface area contributed by atoms with Crippen molar-refractivity contribution in [1.29, 1.82) is 0 Å². The Morgan fingerprint density at radius 3 is 2.91 bits per heavy atom. The largest absolute Gasteiger partial charge is 0.383 e. The Hall–Kier alpha value is -2.54. The number of pyridine rings is 1. The molecule has 0 atom stereocenters. The molecule has 0 saturated heterocycles. The Morgan fingerprint density at radius 1 is 1.23 bits per heavy atom. The van der Waals surface area contributed by atoms with Gasteiger partial charge >= 0.3 is 0 Å². The molecule has 0 aliphatic carbocycles. The fourth-order valence-electron chi connectivity index (χ4n) is 2.35. The van der Waals surface area contributed by atoms with Gasteiger partial charge in [-0.15, -0.1) is 0 Å². The van der Waals surface area contributed by atoms with E-state index >= 15 is 0 Å². The van der Waals surface area contributed by atoms with Gasteiger partial charge in [0.2, 0.25) is 0 Å². The molecule has 3 rings (SSSR count). The first kappa shape index (κ1) is 14.4. The monoisotopic (exact) mass is 298 g/mol. The lowest BCUT2D eigenvalue weighted by Crippen LogP contribution is -2.28. The van der Waals surface area contributed by atoms with Crippen LogP contribution in [0, 0.1) is 0 Å². The van der Waals surface area contributed by atoms with Crippen LogP contribution in [0.15, 0.2) is 36.9 Å². The van der Waals surface area contributed by atoms with Crippen molar-refractivity contribution in [2.24, 2.45) is 7.05 Å². The van der Waals surface area contributed by atoms with Crippen molar-refractivity contribution in [1.82, 2.24) is 24.7 Å². The summed E-state index contributed by atoms with van der Waals surface area (Å²) in [6.45, 7) is 1.98. The highest BCUT2D eigenvalue weighted by Crippen LogP contribution is 2.23. The molecule has 7 nitrogen and oxygen atoms in total. The van der Waals surface area contributed by atoms with E-state index < -0.39 is 0 Å². The van der Waals surface area contributed by atoms with Crippen LogP contribution in [0.25, 0.3) is 11.0 Å². The third kappa shape index (κ3) is 2.89. The SMILES string of the molecule is COCCN(Cc1ccccn1)c1ncnc2c1cnn2C. The summed E-state index contributed by atoms with van der Waals surface area (Å²) < 4.78 is 6.97. The molecule has 0 N–H and O–H groups in total. The third-order valence-corrected chi connectivity index (χ3v) is 3.45. The van der Waals surface area contributed by atoms with Gasteiger partial charge in [-0.25, -0.2) is 9.97 Å². The fourth-order valence-corrected chi connectivity index (χ4v) is 2.35. The molecular formula is C15H18N6O. The van der Waals surface area contributed by atoms with Crippen LogP contribution < -0.4 is 4.90 Å². The Kier molecular flexibility index (Phi) is 4.24. The van der Waals surface area contributed by atoms with Crippen LogP contribution in [0.1, 0.15) is 5.69 Å². The molecule has 0 bridgehead atoms. The minimum atomic E-state index is 0.610. The van der Waals surface area contributed by atoms with Gasteiger partial charge in [-0.3, -0.25) is 9.67 Å². The lowest BCUT2D eigenvalue weighted by atomic mass is 10.3. The van der Waals surface area contributed by atoms with Crippen molar-refractivity contribution in [2.75, 3.05) is 25.2 Å². The van der Waals surface area contributed by atoms with Crippen LogP contribution in [-0.2, 0) is 18.3 Å². The maximum Gasteiger partial charge on any atom is 0.163 e. The summed E-state index contributed by atoms with van der Waals surface area (Å²) in [7, 11) is 3.57. The second kappa shape index (κ2) is 6.48. The summed E-state index contributed by atoms with van der Waals surface area (Å²) in [4.78, 5) is 15.3. The van der Waals surface area contributed by atoms with Gasteiger partial charge in [0.05, 0.1) is 30.4 Å². The van der Waals surface area contributed by atoms with Gasteiger partial charge in [0.15, 0.2) is 5.65 Å². The topological polar surface area (TPSA) is 69.0 Å². The van der Waals surface area contributed by atoms with Crippen molar-refractivity contribution in [3.05, 3.63) is 42.6 Å². The molecule has 3 aromatic rings. The van der Waals surface area contributed by atoms with Crippen molar-refractivity contribution in [3.8, 4) is 0 Å². The summed E-state index contributed by atoms with van der Waals surface area (Å²) >= 11 is 0. The van der Waals surface area contributed by atoms with Crippen LogP contribution >= 0.6 is 0 Å². The van der Waals surface area contributed by atoms with Gasteiger partial charge in [0, 0.05) is 26.9 Å². The van der Waals surface area contributed by atoms with E-state index in [1.165, 1.54) is 0 Å². The van der Waals surface area contributed by atoms with E-state index in [1.54, 1.807) is 30.5 Å². The third-order valence-electron chi connectivity index (χ3n) is 3.45. The Morgan fingerprint density at radius 2 is 2.14 bits per heavy atom. The zero-order valence-corrected chi connectivity index (χ0v) is 12.7. The van der Waals surface area contributed by atoms with Crippen LogP contribution in [0.4, 0.5) is 5.82 Å². The molecule has 114 valence electrons. The molecule has 3 heterocycles. The van der Waals surface area contributed by atoms with Gasteiger partial charge in [-0.1, -0.05) is 6.07 Å². The first-order valence-corrected chi connectivity index (χ1v) is 7.06. The number of hydrogen-bond donors (Lipinski definition) is 0. The highest BCUT2D eigenvalue weighted by Gasteiger charge is 2.15. The molecule has 22 heavy (non-hydrogen) atoms. The Labute approximate surface area is 128 Å². The lowest BCUT2D eigenvalue weighted by molar-refractivity contribution is 0.205. The summed E-state index contributed by atoms with van der Waals surface area (Å²) in [6, 6.07) is 5.89. The highest BCUT2D eigenvalue weighted by atomic mass is 16.5. The minimum absolute atomic E-state index is 0.610. The van der Waals surface area contributed by atoms with E-state index in [0.717, 1.165) is 22.5 Å². The second-order valence-corrected chi connectivity index (χ2v) is 4.94. The molecular weight excluding hydrogens is 280 g/mol. The Bertz CT molecular complexity index is 742. The quantitative estimate of drug-likeness (QED) is 0.685. The smallest absolute Gasteiger partial charge is 0.163 e. The van der Waals surface area contributed by atoms with E-state index in [0.29, 0.717) is 19.7 Å². The van der Waals surface area contributed by atoms with Gasteiger partial charge in [0.1, 0.15) is 12.1 Å². The molecule has 3 aromatic heterocycles. The number of rotatable bonds is 6. The van der Waals surface area contributed by atoms with E-state index in [4.69, 9.17) is 4.74 Å². The van der Waals surface area contributed by atoms with Crippen molar-refractivity contribution in [2.45, 2.75) is 6.54 Å². The number of hydrogen-bond acceptors (Lipinski definition) is 6. The normalized spacial score (nSPS) is 11.0. The van der Waals surface area contributed by atoms with Gasteiger partial charge in [0.25, 0.3) is 0 Å². The number of methoxy groups -OCH3 is 1. The molecule has 0 radical (unpaired) electrons. The second-order valence-electron chi connectivity index (χ2n) is 4.94.